The van der Waals surface area contributed by atoms with E-state index in [0.717, 1.165) is 36.2 Å². The van der Waals surface area contributed by atoms with Gasteiger partial charge in [0.15, 0.2) is 0 Å². The summed E-state index contributed by atoms with van der Waals surface area (Å²) in [6.07, 6.45) is 6.40. The van der Waals surface area contributed by atoms with Crippen LogP contribution in [0.4, 0.5) is 5.95 Å². The Hall–Kier alpha value is -1.10. The molecule has 5 nitrogen and oxygen atoms in total. The predicted molar refractivity (Wildman–Crippen MR) is 66.9 cm³/mol. The van der Waals surface area contributed by atoms with Crippen LogP contribution in [0.15, 0.2) is 0 Å². The zero-order chi connectivity index (χ0) is 11.8. The maximum atomic E-state index is 4.28. The minimum Gasteiger partial charge on any atom is -0.357 e. The average molecular weight is 235 g/mol. The van der Waals surface area contributed by atoms with Crippen LogP contribution in [0.5, 0.6) is 0 Å². The molecule has 2 fully saturated rings. The van der Waals surface area contributed by atoms with Crippen molar-refractivity contribution in [1.82, 2.24) is 20.1 Å². The number of hydrogen-bond donors (Lipinski definition) is 2. The van der Waals surface area contributed by atoms with E-state index in [2.05, 4.69) is 25.4 Å². The van der Waals surface area contributed by atoms with E-state index in [1.807, 2.05) is 14.1 Å². The molecule has 94 valence electrons. The van der Waals surface area contributed by atoms with Gasteiger partial charge in [0, 0.05) is 32.6 Å². The van der Waals surface area contributed by atoms with Gasteiger partial charge >= 0.3 is 0 Å². The van der Waals surface area contributed by atoms with E-state index >= 15 is 0 Å². The minimum atomic E-state index is 0.760. The van der Waals surface area contributed by atoms with Crippen molar-refractivity contribution < 1.29 is 0 Å². The van der Waals surface area contributed by atoms with Gasteiger partial charge in [-0.3, -0.25) is 0 Å². The first kappa shape index (κ1) is 11.0. The monoisotopic (exact) mass is 235 g/mol. The molecule has 3 rings (SSSR count). The summed E-state index contributed by atoms with van der Waals surface area (Å²) in [5.74, 6) is 2.75. The molecule has 0 aromatic carbocycles. The van der Waals surface area contributed by atoms with Crippen molar-refractivity contribution in [3.05, 3.63) is 5.82 Å². The third-order valence-corrected chi connectivity index (χ3v) is 4.23. The number of nitrogens with one attached hydrogen (secondary N) is 2. The smallest absolute Gasteiger partial charge is 0.224 e. The Bertz CT molecular complexity index is 388. The van der Waals surface area contributed by atoms with E-state index in [0.29, 0.717) is 0 Å². The van der Waals surface area contributed by atoms with Crippen molar-refractivity contribution in [2.75, 3.05) is 12.4 Å². The Morgan fingerprint density at radius 2 is 2.00 bits per heavy atom. The van der Waals surface area contributed by atoms with Gasteiger partial charge in [-0.1, -0.05) is 0 Å². The molecule has 1 aromatic rings. The van der Waals surface area contributed by atoms with Crippen LogP contribution in [0.3, 0.4) is 0 Å². The molecule has 2 aliphatic heterocycles. The molecule has 0 amide bonds. The number of aromatic nitrogens is 3. The topological polar surface area (TPSA) is 54.8 Å². The summed E-state index contributed by atoms with van der Waals surface area (Å²) in [4.78, 5) is 0. The summed E-state index contributed by atoms with van der Waals surface area (Å²) in [6.45, 7) is 0. The Labute approximate surface area is 102 Å². The van der Waals surface area contributed by atoms with Gasteiger partial charge in [-0.15, -0.1) is 10.2 Å². The second-order valence-electron chi connectivity index (χ2n) is 5.43. The molecule has 1 aromatic heterocycles. The van der Waals surface area contributed by atoms with Crippen LogP contribution in [0, 0.1) is 5.92 Å². The third kappa shape index (κ3) is 2.04. The van der Waals surface area contributed by atoms with Crippen molar-refractivity contribution in [2.45, 2.75) is 44.2 Å². The van der Waals surface area contributed by atoms with E-state index in [9.17, 15) is 0 Å². The van der Waals surface area contributed by atoms with Gasteiger partial charge in [0.25, 0.3) is 0 Å². The van der Waals surface area contributed by atoms with Crippen molar-refractivity contribution in [3.8, 4) is 0 Å². The Morgan fingerprint density at radius 1 is 1.29 bits per heavy atom. The third-order valence-electron chi connectivity index (χ3n) is 4.23. The van der Waals surface area contributed by atoms with E-state index in [4.69, 9.17) is 0 Å². The number of anilines is 1. The molecule has 0 spiro atoms. The number of rotatable bonds is 3. The highest BCUT2D eigenvalue weighted by Crippen LogP contribution is 2.32. The van der Waals surface area contributed by atoms with Crippen molar-refractivity contribution in [2.24, 2.45) is 13.0 Å². The first-order valence-electron chi connectivity index (χ1n) is 6.58. The summed E-state index contributed by atoms with van der Waals surface area (Å²) in [6, 6.07) is 1.52. The van der Waals surface area contributed by atoms with E-state index in [-0.39, 0.29) is 0 Å². The minimum absolute atomic E-state index is 0.760. The van der Waals surface area contributed by atoms with Gasteiger partial charge < -0.3 is 15.2 Å². The molecule has 2 bridgehead atoms. The van der Waals surface area contributed by atoms with E-state index in [1.165, 1.54) is 25.7 Å². The molecule has 0 aliphatic carbocycles. The highest BCUT2D eigenvalue weighted by Gasteiger charge is 2.33. The molecule has 2 N–H and O–H groups in total. The van der Waals surface area contributed by atoms with Gasteiger partial charge in [0.2, 0.25) is 5.95 Å². The lowest BCUT2D eigenvalue weighted by Gasteiger charge is -2.28. The fourth-order valence-corrected chi connectivity index (χ4v) is 3.36. The lowest BCUT2D eigenvalue weighted by Crippen LogP contribution is -2.38. The fourth-order valence-electron chi connectivity index (χ4n) is 3.36. The largest absolute Gasteiger partial charge is 0.357 e. The van der Waals surface area contributed by atoms with Crippen molar-refractivity contribution >= 4 is 5.95 Å². The summed E-state index contributed by atoms with van der Waals surface area (Å²) in [5.41, 5.74) is 0. The van der Waals surface area contributed by atoms with Crippen LogP contribution in [0.25, 0.3) is 0 Å². The molecule has 5 heteroatoms. The van der Waals surface area contributed by atoms with Gasteiger partial charge in [-0.05, 0) is 31.6 Å². The maximum absolute atomic E-state index is 4.28. The number of hydrogen-bond acceptors (Lipinski definition) is 4. The summed E-state index contributed by atoms with van der Waals surface area (Å²) in [5, 5.41) is 15.2. The highest BCUT2D eigenvalue weighted by atomic mass is 15.3. The number of piperidine rings is 1. The normalized spacial score (nSPS) is 31.8. The van der Waals surface area contributed by atoms with E-state index in [1.54, 1.807) is 0 Å². The molecular weight excluding hydrogens is 214 g/mol. The van der Waals surface area contributed by atoms with Crippen LogP contribution in [0.1, 0.15) is 31.5 Å². The first-order chi connectivity index (χ1) is 8.26. The molecule has 2 unspecified atom stereocenters. The van der Waals surface area contributed by atoms with Gasteiger partial charge in [0.1, 0.15) is 5.82 Å². The maximum Gasteiger partial charge on any atom is 0.224 e. The molecule has 2 saturated heterocycles. The zero-order valence-electron chi connectivity index (χ0n) is 10.6. The van der Waals surface area contributed by atoms with Crippen LogP contribution in [0.2, 0.25) is 0 Å². The second kappa shape index (κ2) is 4.29. The van der Waals surface area contributed by atoms with Crippen LogP contribution in [-0.2, 0) is 13.5 Å². The van der Waals surface area contributed by atoms with Crippen LogP contribution in [-0.4, -0.2) is 33.9 Å². The SMILES string of the molecule is CNc1nnc(CC2CC3CCC(C2)N3)n1C. The second-order valence-corrected chi connectivity index (χ2v) is 5.43. The molecule has 2 aliphatic rings. The average Bonchev–Trinajstić information content (AvgIpc) is 2.84. The summed E-state index contributed by atoms with van der Waals surface area (Å²) < 4.78 is 2.07. The molecule has 3 heterocycles. The molecular formula is C12H21N5. The van der Waals surface area contributed by atoms with Crippen LogP contribution < -0.4 is 10.6 Å². The molecule has 0 radical (unpaired) electrons. The Kier molecular flexibility index (Phi) is 2.78. The van der Waals surface area contributed by atoms with Crippen molar-refractivity contribution in [1.29, 1.82) is 0 Å². The van der Waals surface area contributed by atoms with Gasteiger partial charge in [-0.25, -0.2) is 0 Å². The standard InChI is InChI=1S/C12H21N5/c1-13-12-16-15-11(17(12)2)7-8-5-9-3-4-10(6-8)14-9/h8-10,14H,3-7H2,1-2H3,(H,13,16). The Balaban J connectivity index is 1.68. The summed E-state index contributed by atoms with van der Waals surface area (Å²) >= 11 is 0. The fraction of sp³-hybridized carbons (Fsp3) is 0.833. The molecule has 0 saturated carbocycles. The van der Waals surface area contributed by atoms with E-state index < -0.39 is 0 Å². The summed E-state index contributed by atoms with van der Waals surface area (Å²) in [7, 11) is 3.93. The van der Waals surface area contributed by atoms with Crippen LogP contribution >= 0.6 is 0 Å². The highest BCUT2D eigenvalue weighted by molar-refractivity contribution is 5.23. The van der Waals surface area contributed by atoms with Gasteiger partial charge in [-0.2, -0.15) is 0 Å². The first-order valence-corrected chi connectivity index (χ1v) is 6.58. The number of fused-ring (bicyclic) bond motifs is 2. The van der Waals surface area contributed by atoms with Crippen molar-refractivity contribution in [3.63, 3.8) is 0 Å². The lowest BCUT2D eigenvalue weighted by atomic mass is 9.89. The molecule has 2 atom stereocenters. The molecule has 17 heavy (non-hydrogen) atoms. The lowest BCUT2D eigenvalue weighted by molar-refractivity contribution is 0.293. The van der Waals surface area contributed by atoms with Gasteiger partial charge in [0.05, 0.1) is 0 Å². The predicted octanol–water partition coefficient (Wildman–Crippen LogP) is 0.930. The quantitative estimate of drug-likeness (QED) is 0.818. The Morgan fingerprint density at radius 3 is 2.59 bits per heavy atom. The zero-order valence-corrected chi connectivity index (χ0v) is 10.6. The number of nitrogens with zero attached hydrogens (tertiary/aromatic N) is 3.